The normalized spacial score (nSPS) is 14.1. The van der Waals surface area contributed by atoms with Crippen LogP contribution in [0, 0.1) is 6.92 Å². The molecule has 110 valence electrons. The molecular formula is C12H18N4O4. The number of carboxylic acids is 1. The van der Waals surface area contributed by atoms with E-state index in [1.54, 1.807) is 11.8 Å². The first-order valence-corrected chi connectivity index (χ1v) is 6.61. The lowest BCUT2D eigenvalue weighted by Crippen LogP contribution is -2.43. The van der Waals surface area contributed by atoms with Crippen molar-refractivity contribution in [3.05, 3.63) is 11.7 Å². The van der Waals surface area contributed by atoms with Crippen LogP contribution in [0.1, 0.15) is 31.0 Å². The molecule has 0 radical (unpaired) electrons. The summed E-state index contributed by atoms with van der Waals surface area (Å²) < 4.78 is 4.94. The zero-order valence-corrected chi connectivity index (χ0v) is 11.3. The van der Waals surface area contributed by atoms with Crippen LogP contribution in [0.5, 0.6) is 0 Å². The van der Waals surface area contributed by atoms with Crippen LogP contribution in [0.4, 0.5) is 4.79 Å². The van der Waals surface area contributed by atoms with Crippen LogP contribution in [-0.4, -0.2) is 51.3 Å². The summed E-state index contributed by atoms with van der Waals surface area (Å²) in [5, 5.41) is 15.1. The summed E-state index contributed by atoms with van der Waals surface area (Å²) in [6.45, 7) is 2.36. The van der Waals surface area contributed by atoms with Crippen molar-refractivity contribution in [1.82, 2.24) is 20.4 Å². The van der Waals surface area contributed by atoms with E-state index >= 15 is 0 Å². The van der Waals surface area contributed by atoms with Crippen LogP contribution in [0.2, 0.25) is 0 Å². The van der Waals surface area contributed by atoms with Gasteiger partial charge in [0.2, 0.25) is 5.89 Å². The van der Waals surface area contributed by atoms with E-state index in [1.807, 2.05) is 0 Å². The zero-order chi connectivity index (χ0) is 14.5. The second-order valence-corrected chi connectivity index (χ2v) is 4.79. The van der Waals surface area contributed by atoms with Crippen molar-refractivity contribution in [3.63, 3.8) is 0 Å². The average Bonchev–Trinajstić information content (AvgIpc) is 3.13. The second kappa shape index (κ2) is 6.36. The molecule has 1 aromatic rings. The number of rotatable bonds is 7. The van der Waals surface area contributed by atoms with Gasteiger partial charge < -0.3 is 19.8 Å². The SMILES string of the molecule is Cc1noc(CCNC(=O)N(CCC(=O)O)C2CC2)n1. The second-order valence-electron chi connectivity index (χ2n) is 4.79. The predicted octanol–water partition coefficient (Wildman–Crippen LogP) is 0.569. The van der Waals surface area contributed by atoms with Gasteiger partial charge in [-0.3, -0.25) is 4.79 Å². The number of carbonyl (C=O) groups is 2. The predicted molar refractivity (Wildman–Crippen MR) is 68.1 cm³/mol. The van der Waals surface area contributed by atoms with E-state index in [2.05, 4.69) is 15.5 Å². The Hall–Kier alpha value is -2.12. The Balaban J connectivity index is 1.75. The molecule has 0 saturated heterocycles. The molecular weight excluding hydrogens is 264 g/mol. The number of carbonyl (C=O) groups excluding carboxylic acids is 1. The summed E-state index contributed by atoms with van der Waals surface area (Å²) in [6, 6.07) is -0.0509. The Kier molecular flexibility index (Phi) is 4.54. The summed E-state index contributed by atoms with van der Waals surface area (Å²) in [7, 11) is 0. The molecule has 0 unspecified atom stereocenters. The number of hydrogen-bond acceptors (Lipinski definition) is 5. The van der Waals surface area contributed by atoms with Gasteiger partial charge in [-0.25, -0.2) is 4.79 Å². The van der Waals surface area contributed by atoms with Gasteiger partial charge >= 0.3 is 12.0 Å². The summed E-state index contributed by atoms with van der Waals surface area (Å²) in [5.74, 6) is 0.142. The number of nitrogens with one attached hydrogen (secondary N) is 1. The summed E-state index contributed by atoms with van der Waals surface area (Å²) in [6.07, 6.45) is 2.31. The average molecular weight is 282 g/mol. The van der Waals surface area contributed by atoms with Crippen LogP contribution in [0.3, 0.4) is 0 Å². The smallest absolute Gasteiger partial charge is 0.317 e. The molecule has 20 heavy (non-hydrogen) atoms. The molecule has 2 N–H and O–H groups in total. The van der Waals surface area contributed by atoms with Crippen LogP contribution >= 0.6 is 0 Å². The zero-order valence-electron chi connectivity index (χ0n) is 11.3. The minimum atomic E-state index is -0.898. The van der Waals surface area contributed by atoms with E-state index < -0.39 is 5.97 Å². The molecule has 8 heteroatoms. The molecule has 1 aromatic heterocycles. The number of aromatic nitrogens is 2. The highest BCUT2D eigenvalue weighted by atomic mass is 16.5. The lowest BCUT2D eigenvalue weighted by atomic mass is 10.3. The van der Waals surface area contributed by atoms with Gasteiger partial charge in [0.15, 0.2) is 5.82 Å². The number of carboxylic acid groups (broad SMARTS) is 1. The fraction of sp³-hybridized carbons (Fsp3) is 0.667. The minimum Gasteiger partial charge on any atom is -0.481 e. The maximum absolute atomic E-state index is 12.0. The first kappa shape index (κ1) is 14.3. The Bertz CT molecular complexity index is 484. The molecule has 1 aliphatic carbocycles. The number of amides is 2. The summed E-state index contributed by atoms with van der Waals surface area (Å²) in [4.78, 5) is 28.2. The van der Waals surface area contributed by atoms with Gasteiger partial charge in [0.1, 0.15) is 0 Å². The van der Waals surface area contributed by atoms with Crippen molar-refractivity contribution in [1.29, 1.82) is 0 Å². The molecule has 0 spiro atoms. The van der Waals surface area contributed by atoms with E-state index in [0.717, 1.165) is 12.8 Å². The molecule has 0 bridgehead atoms. The topological polar surface area (TPSA) is 109 Å². The van der Waals surface area contributed by atoms with Gasteiger partial charge in [0.05, 0.1) is 6.42 Å². The molecule has 1 heterocycles. The van der Waals surface area contributed by atoms with Crippen LogP contribution in [-0.2, 0) is 11.2 Å². The van der Waals surface area contributed by atoms with E-state index in [9.17, 15) is 9.59 Å². The van der Waals surface area contributed by atoms with Crippen molar-refractivity contribution < 1.29 is 19.2 Å². The van der Waals surface area contributed by atoms with Crippen molar-refractivity contribution in [2.45, 2.75) is 38.6 Å². The highest BCUT2D eigenvalue weighted by Crippen LogP contribution is 2.26. The Morgan fingerprint density at radius 2 is 2.25 bits per heavy atom. The van der Waals surface area contributed by atoms with Crippen molar-refractivity contribution >= 4 is 12.0 Å². The molecule has 2 rings (SSSR count). The first-order chi connectivity index (χ1) is 9.56. The molecule has 8 nitrogen and oxygen atoms in total. The lowest BCUT2D eigenvalue weighted by Gasteiger charge is -2.21. The quantitative estimate of drug-likeness (QED) is 0.756. The summed E-state index contributed by atoms with van der Waals surface area (Å²) >= 11 is 0. The van der Waals surface area contributed by atoms with Crippen LogP contribution in [0.25, 0.3) is 0 Å². The van der Waals surface area contributed by atoms with Crippen molar-refractivity contribution in [2.24, 2.45) is 0 Å². The van der Waals surface area contributed by atoms with E-state index in [-0.39, 0.29) is 25.0 Å². The van der Waals surface area contributed by atoms with Gasteiger partial charge in [-0.2, -0.15) is 4.98 Å². The van der Waals surface area contributed by atoms with Gasteiger partial charge in [-0.15, -0.1) is 0 Å². The molecule has 0 atom stereocenters. The molecule has 1 aliphatic rings. The van der Waals surface area contributed by atoms with Gasteiger partial charge in [0.25, 0.3) is 0 Å². The third kappa shape index (κ3) is 4.22. The first-order valence-electron chi connectivity index (χ1n) is 6.61. The highest BCUT2D eigenvalue weighted by molar-refractivity contribution is 5.76. The fourth-order valence-electron chi connectivity index (χ4n) is 1.87. The Labute approximate surface area is 116 Å². The molecule has 1 saturated carbocycles. The van der Waals surface area contributed by atoms with Gasteiger partial charge in [0, 0.05) is 25.6 Å². The molecule has 0 aliphatic heterocycles. The number of aryl methyl sites for hydroxylation is 1. The monoisotopic (exact) mass is 282 g/mol. The molecule has 0 aromatic carbocycles. The largest absolute Gasteiger partial charge is 0.481 e. The molecule has 1 fully saturated rings. The number of nitrogens with zero attached hydrogens (tertiary/aromatic N) is 3. The number of urea groups is 1. The number of hydrogen-bond donors (Lipinski definition) is 2. The highest BCUT2D eigenvalue weighted by Gasteiger charge is 2.32. The van der Waals surface area contributed by atoms with Gasteiger partial charge in [-0.1, -0.05) is 5.16 Å². The fourth-order valence-corrected chi connectivity index (χ4v) is 1.87. The van der Waals surface area contributed by atoms with Crippen LogP contribution < -0.4 is 5.32 Å². The van der Waals surface area contributed by atoms with E-state index in [1.165, 1.54) is 0 Å². The summed E-state index contributed by atoms with van der Waals surface area (Å²) in [5.41, 5.74) is 0. The maximum Gasteiger partial charge on any atom is 0.317 e. The standard InChI is InChI=1S/C12H18N4O4/c1-8-14-10(20-15-8)4-6-13-12(19)16(9-2-3-9)7-5-11(17)18/h9H,2-7H2,1H3,(H,13,19)(H,17,18). The minimum absolute atomic E-state index is 0.0349. The van der Waals surface area contributed by atoms with Crippen LogP contribution in [0.15, 0.2) is 4.52 Å². The Morgan fingerprint density at radius 1 is 1.50 bits per heavy atom. The van der Waals surface area contributed by atoms with E-state index in [0.29, 0.717) is 24.7 Å². The maximum atomic E-state index is 12.0. The van der Waals surface area contributed by atoms with E-state index in [4.69, 9.17) is 9.63 Å². The molecule has 2 amide bonds. The van der Waals surface area contributed by atoms with Gasteiger partial charge in [-0.05, 0) is 19.8 Å². The number of aliphatic carboxylic acids is 1. The Morgan fingerprint density at radius 3 is 2.80 bits per heavy atom. The van der Waals surface area contributed by atoms with Crippen molar-refractivity contribution in [2.75, 3.05) is 13.1 Å². The third-order valence-electron chi connectivity index (χ3n) is 3.00. The van der Waals surface area contributed by atoms with Crippen molar-refractivity contribution in [3.8, 4) is 0 Å². The lowest BCUT2D eigenvalue weighted by molar-refractivity contribution is -0.137. The third-order valence-corrected chi connectivity index (χ3v) is 3.00.